The molecule has 0 aliphatic carbocycles. The van der Waals surface area contributed by atoms with Gasteiger partial charge in [0.25, 0.3) is 23.0 Å². The number of nitrogens with zero attached hydrogens (tertiary/aromatic N) is 1. The van der Waals surface area contributed by atoms with Crippen molar-refractivity contribution in [3.63, 3.8) is 0 Å². The second-order valence-corrected chi connectivity index (χ2v) is 5.45. The van der Waals surface area contributed by atoms with Gasteiger partial charge in [-0.15, -0.1) is 0 Å². The van der Waals surface area contributed by atoms with Crippen molar-refractivity contribution in [1.29, 1.82) is 0 Å². The van der Waals surface area contributed by atoms with Crippen molar-refractivity contribution < 1.29 is 19.1 Å². The highest BCUT2D eigenvalue weighted by Crippen LogP contribution is 2.46. The number of rotatable bonds is 1. The Morgan fingerprint density at radius 1 is 1.04 bits per heavy atom. The van der Waals surface area contributed by atoms with Crippen LogP contribution in [0.4, 0.5) is 4.79 Å². The molecule has 11 nitrogen and oxygen atoms in total. The van der Waals surface area contributed by atoms with Crippen LogP contribution in [0.15, 0.2) is 34.1 Å². The molecule has 2 aromatic rings. The van der Waals surface area contributed by atoms with Crippen LogP contribution in [0.25, 0.3) is 0 Å². The van der Waals surface area contributed by atoms with Gasteiger partial charge in [-0.2, -0.15) is 0 Å². The van der Waals surface area contributed by atoms with Crippen molar-refractivity contribution in [2.45, 2.75) is 11.5 Å². The largest absolute Gasteiger partial charge is 0.451 e. The van der Waals surface area contributed by atoms with E-state index in [1.165, 1.54) is 12.4 Å². The molecule has 2 aromatic heterocycles. The Kier molecular flexibility index (Phi) is 2.88. The minimum Gasteiger partial charge on any atom is -0.451 e. The standard InChI is InChI=1S/C14H9N5O6/c20-8-6-7(5-2-1-3-15-4-5)14(25-9(6)17-12(23)16-8)10(21)18-13(24)19-11(14)22/h1-4,7H,(H2,16,17,20,23)(H2,18,19,21,22,24). The second kappa shape index (κ2) is 4.87. The summed E-state index contributed by atoms with van der Waals surface area (Å²) in [6.07, 6.45) is 2.82. The number of aromatic amines is 2. The van der Waals surface area contributed by atoms with Gasteiger partial charge in [-0.3, -0.25) is 40.0 Å². The third-order valence-corrected chi connectivity index (χ3v) is 4.05. The van der Waals surface area contributed by atoms with Gasteiger partial charge in [0.15, 0.2) is 0 Å². The fraction of sp³-hybridized carbons (Fsp3) is 0.143. The highest BCUT2D eigenvalue weighted by Gasteiger charge is 2.64. The average molecular weight is 343 g/mol. The lowest BCUT2D eigenvalue weighted by atomic mass is 9.78. The van der Waals surface area contributed by atoms with E-state index in [1.807, 2.05) is 15.6 Å². The summed E-state index contributed by atoms with van der Waals surface area (Å²) < 4.78 is 5.46. The van der Waals surface area contributed by atoms with Gasteiger partial charge in [0.1, 0.15) is 0 Å². The molecule has 25 heavy (non-hydrogen) atoms. The minimum absolute atomic E-state index is 0.118. The molecule has 1 spiro atoms. The molecule has 1 fully saturated rings. The highest BCUT2D eigenvalue weighted by molar-refractivity contribution is 6.23. The van der Waals surface area contributed by atoms with Crippen LogP contribution in [0.3, 0.4) is 0 Å². The zero-order valence-corrected chi connectivity index (χ0v) is 12.3. The van der Waals surface area contributed by atoms with E-state index in [-0.39, 0.29) is 11.4 Å². The molecule has 2 aliphatic rings. The first-order valence-corrected chi connectivity index (χ1v) is 7.06. The molecule has 0 radical (unpaired) electrons. The molecule has 0 saturated carbocycles. The van der Waals surface area contributed by atoms with Crippen molar-refractivity contribution in [1.82, 2.24) is 25.6 Å². The number of hydrogen-bond donors (Lipinski definition) is 4. The number of urea groups is 1. The van der Waals surface area contributed by atoms with E-state index in [1.54, 1.807) is 12.1 Å². The van der Waals surface area contributed by atoms with Gasteiger partial charge in [-0.05, 0) is 11.6 Å². The van der Waals surface area contributed by atoms with Crippen molar-refractivity contribution in [3.8, 4) is 5.88 Å². The van der Waals surface area contributed by atoms with Crippen molar-refractivity contribution in [3.05, 3.63) is 56.5 Å². The van der Waals surface area contributed by atoms with Gasteiger partial charge in [0.2, 0.25) is 5.88 Å². The highest BCUT2D eigenvalue weighted by atomic mass is 16.5. The number of carbonyl (C=O) groups is 3. The lowest BCUT2D eigenvalue weighted by molar-refractivity contribution is -0.151. The number of imide groups is 2. The maximum atomic E-state index is 12.5. The van der Waals surface area contributed by atoms with Gasteiger partial charge in [-0.25, -0.2) is 9.59 Å². The quantitative estimate of drug-likeness (QED) is 0.439. The Hall–Kier alpha value is -3.76. The number of barbiturate groups is 1. The predicted molar refractivity (Wildman–Crippen MR) is 78.8 cm³/mol. The van der Waals surface area contributed by atoms with Crippen molar-refractivity contribution in [2.75, 3.05) is 0 Å². The number of nitrogens with one attached hydrogen (secondary N) is 4. The molecule has 0 bridgehead atoms. The van der Waals surface area contributed by atoms with Crippen LogP contribution in [0.2, 0.25) is 0 Å². The fourth-order valence-corrected chi connectivity index (χ4v) is 3.07. The smallest absolute Gasteiger partial charge is 0.328 e. The SMILES string of the molecule is O=C1NC(=O)C2(Oc3[nH]c(=O)[nH]c(=O)c3C2c2cccnc2)C(=O)N1. The number of carbonyl (C=O) groups excluding carboxylic acids is 3. The molecule has 4 heterocycles. The molecule has 1 unspecified atom stereocenters. The van der Waals surface area contributed by atoms with E-state index in [0.717, 1.165) is 0 Å². The van der Waals surface area contributed by atoms with Crippen molar-refractivity contribution >= 4 is 17.8 Å². The molecule has 126 valence electrons. The molecule has 4 N–H and O–H groups in total. The Balaban J connectivity index is 2.03. The predicted octanol–water partition coefficient (Wildman–Crippen LogP) is -1.91. The molecule has 4 rings (SSSR count). The number of ether oxygens (including phenoxy) is 1. The number of hydrogen-bond acceptors (Lipinski definition) is 7. The summed E-state index contributed by atoms with van der Waals surface area (Å²) in [5.41, 5.74) is -3.75. The molecule has 11 heteroatoms. The maximum Gasteiger partial charge on any atom is 0.328 e. The summed E-state index contributed by atoms with van der Waals surface area (Å²) in [6.45, 7) is 0. The first-order valence-electron chi connectivity index (χ1n) is 7.06. The third kappa shape index (κ3) is 1.92. The Bertz CT molecular complexity index is 1020. The van der Waals surface area contributed by atoms with E-state index >= 15 is 0 Å². The summed E-state index contributed by atoms with van der Waals surface area (Å²) in [5, 5.41) is 3.90. The van der Waals surface area contributed by atoms with Gasteiger partial charge in [-0.1, -0.05) is 6.07 Å². The van der Waals surface area contributed by atoms with Gasteiger partial charge < -0.3 is 4.74 Å². The molecule has 0 aromatic carbocycles. The number of aromatic nitrogens is 3. The Morgan fingerprint density at radius 2 is 1.76 bits per heavy atom. The Morgan fingerprint density at radius 3 is 2.40 bits per heavy atom. The normalized spacial score (nSPS) is 20.6. The van der Waals surface area contributed by atoms with Crippen LogP contribution >= 0.6 is 0 Å². The molecule has 4 amide bonds. The number of fused-ring (bicyclic) bond motifs is 1. The van der Waals surface area contributed by atoms with Crippen LogP contribution in [0, 0.1) is 0 Å². The van der Waals surface area contributed by atoms with E-state index in [9.17, 15) is 24.0 Å². The molecular formula is C14H9N5O6. The van der Waals surface area contributed by atoms with Crippen molar-refractivity contribution in [2.24, 2.45) is 0 Å². The zero-order valence-electron chi connectivity index (χ0n) is 12.3. The zero-order chi connectivity index (χ0) is 17.8. The fourth-order valence-electron chi connectivity index (χ4n) is 3.07. The number of H-pyrrole nitrogens is 2. The van der Waals surface area contributed by atoms with E-state index in [4.69, 9.17) is 4.74 Å². The lowest BCUT2D eigenvalue weighted by Gasteiger charge is -2.33. The lowest BCUT2D eigenvalue weighted by Crippen LogP contribution is -2.70. The molecule has 1 atom stereocenters. The second-order valence-electron chi connectivity index (χ2n) is 5.45. The van der Waals surface area contributed by atoms with Crippen LogP contribution in [0.1, 0.15) is 17.0 Å². The molecule has 1 saturated heterocycles. The summed E-state index contributed by atoms with van der Waals surface area (Å²) in [7, 11) is 0. The minimum atomic E-state index is -2.27. The molecular weight excluding hydrogens is 334 g/mol. The molecule has 2 aliphatic heterocycles. The first-order chi connectivity index (χ1) is 11.9. The monoisotopic (exact) mass is 343 g/mol. The average Bonchev–Trinajstić information content (AvgIpc) is 2.90. The summed E-state index contributed by atoms with van der Waals surface area (Å²) in [6, 6.07) is 2.08. The topological polar surface area (TPSA) is 163 Å². The van der Waals surface area contributed by atoms with Gasteiger partial charge in [0.05, 0.1) is 11.5 Å². The summed E-state index contributed by atoms with van der Waals surface area (Å²) in [4.78, 5) is 68.5. The van der Waals surface area contributed by atoms with E-state index < -0.39 is 40.6 Å². The van der Waals surface area contributed by atoms with Gasteiger partial charge in [0, 0.05) is 12.4 Å². The van der Waals surface area contributed by atoms with Crippen LogP contribution < -0.4 is 26.6 Å². The van der Waals surface area contributed by atoms with Crippen LogP contribution in [0.5, 0.6) is 5.88 Å². The maximum absolute atomic E-state index is 12.5. The number of amides is 4. The van der Waals surface area contributed by atoms with E-state index in [0.29, 0.717) is 5.56 Å². The summed E-state index contributed by atoms with van der Waals surface area (Å²) >= 11 is 0. The van der Waals surface area contributed by atoms with Gasteiger partial charge >= 0.3 is 11.7 Å². The van der Waals surface area contributed by atoms with Crippen LogP contribution in [-0.2, 0) is 9.59 Å². The third-order valence-electron chi connectivity index (χ3n) is 4.05. The first kappa shape index (κ1) is 14.8. The van der Waals surface area contributed by atoms with E-state index in [2.05, 4.69) is 9.97 Å². The number of pyridine rings is 1. The Labute approximate surface area is 137 Å². The van der Waals surface area contributed by atoms with Crippen LogP contribution in [-0.4, -0.2) is 38.4 Å². The summed E-state index contributed by atoms with van der Waals surface area (Å²) in [5.74, 6) is -3.63.